The van der Waals surface area contributed by atoms with Crippen LogP contribution < -0.4 is 0 Å². The van der Waals surface area contributed by atoms with Gasteiger partial charge in [-0.1, -0.05) is 55.2 Å². The lowest BCUT2D eigenvalue weighted by Crippen LogP contribution is -2.31. The third kappa shape index (κ3) is 2.18. The summed E-state index contributed by atoms with van der Waals surface area (Å²) in [4.78, 5) is 0. The monoisotopic (exact) mass is 228 g/mol. The molecule has 0 unspecified atom stereocenters. The average molecular weight is 228 g/mol. The number of rotatable bonds is 2. The fourth-order valence-corrected chi connectivity index (χ4v) is 3.33. The van der Waals surface area contributed by atoms with Gasteiger partial charge in [0.15, 0.2) is 0 Å². The highest BCUT2D eigenvalue weighted by molar-refractivity contribution is 5.42. The van der Waals surface area contributed by atoms with E-state index in [9.17, 15) is 0 Å². The molecule has 1 aromatic rings. The van der Waals surface area contributed by atoms with Crippen LogP contribution >= 0.6 is 0 Å². The molecule has 0 aliphatic heterocycles. The normalized spacial score (nSPS) is 19.0. The predicted octanol–water partition coefficient (Wildman–Crippen LogP) is 5.08. The predicted molar refractivity (Wildman–Crippen MR) is 75.5 cm³/mol. The zero-order chi connectivity index (χ0) is 12.5. The van der Waals surface area contributed by atoms with E-state index in [1.54, 1.807) is 0 Å². The van der Waals surface area contributed by atoms with Crippen LogP contribution in [0.2, 0.25) is 0 Å². The summed E-state index contributed by atoms with van der Waals surface area (Å²) in [6.45, 7) is 10.9. The van der Waals surface area contributed by atoms with Crippen molar-refractivity contribution in [3.63, 3.8) is 0 Å². The molecular formula is C17H24. The van der Waals surface area contributed by atoms with Crippen LogP contribution in [-0.4, -0.2) is 0 Å². The summed E-state index contributed by atoms with van der Waals surface area (Å²) < 4.78 is 0. The summed E-state index contributed by atoms with van der Waals surface area (Å²) in [5.74, 6) is 0. The summed E-state index contributed by atoms with van der Waals surface area (Å²) in [5, 5.41) is 0. The van der Waals surface area contributed by atoms with Gasteiger partial charge in [0.1, 0.15) is 0 Å². The largest absolute Gasteiger partial charge is 0.0992 e. The Balaban J connectivity index is 2.52. The van der Waals surface area contributed by atoms with Gasteiger partial charge in [0.25, 0.3) is 0 Å². The van der Waals surface area contributed by atoms with E-state index in [4.69, 9.17) is 0 Å². The number of hydrogen-bond acceptors (Lipinski definition) is 0. The van der Waals surface area contributed by atoms with Gasteiger partial charge in [-0.05, 0) is 44.7 Å². The second-order valence-corrected chi connectivity index (χ2v) is 5.74. The Labute approximate surface area is 106 Å². The number of hydrogen-bond donors (Lipinski definition) is 0. The van der Waals surface area contributed by atoms with E-state index in [1.807, 2.05) is 0 Å². The molecule has 0 saturated heterocycles. The van der Waals surface area contributed by atoms with Gasteiger partial charge in [0.05, 0.1) is 0 Å². The van der Waals surface area contributed by atoms with Gasteiger partial charge in [0.2, 0.25) is 0 Å². The van der Waals surface area contributed by atoms with Crippen molar-refractivity contribution in [1.29, 1.82) is 0 Å². The second kappa shape index (κ2) is 4.68. The smallest absolute Gasteiger partial charge is 0.0159 e. The van der Waals surface area contributed by atoms with E-state index >= 15 is 0 Å². The van der Waals surface area contributed by atoms with Crippen molar-refractivity contribution in [3.05, 3.63) is 47.0 Å². The maximum absolute atomic E-state index is 4.30. The molecule has 0 bridgehead atoms. The van der Waals surface area contributed by atoms with Gasteiger partial charge in [-0.2, -0.15) is 0 Å². The average Bonchev–Trinajstić information content (AvgIpc) is 2.33. The van der Waals surface area contributed by atoms with Crippen LogP contribution in [0.1, 0.15) is 55.7 Å². The molecular weight excluding hydrogens is 204 g/mol. The zero-order valence-corrected chi connectivity index (χ0v) is 11.5. The molecule has 0 heterocycles. The Morgan fingerprint density at radius 2 is 1.76 bits per heavy atom. The van der Waals surface area contributed by atoms with Crippen molar-refractivity contribution >= 4 is 0 Å². The van der Waals surface area contributed by atoms with Crippen molar-refractivity contribution in [3.8, 4) is 0 Å². The Bertz CT molecular complexity index is 420. The third-order valence-corrected chi connectivity index (χ3v) is 4.43. The lowest BCUT2D eigenvalue weighted by molar-refractivity contribution is 0.339. The first-order chi connectivity index (χ1) is 8.06. The Morgan fingerprint density at radius 3 is 2.35 bits per heavy atom. The number of benzene rings is 1. The van der Waals surface area contributed by atoms with Crippen molar-refractivity contribution in [2.45, 2.75) is 58.3 Å². The first-order valence-corrected chi connectivity index (χ1v) is 6.80. The summed E-state index contributed by atoms with van der Waals surface area (Å²) in [7, 11) is 0. The van der Waals surface area contributed by atoms with E-state index in [-0.39, 0.29) is 5.41 Å². The fraction of sp³-hybridized carbons (Fsp3) is 0.529. The number of allylic oxidation sites excluding steroid dienone is 1. The minimum atomic E-state index is 0.258. The molecule has 0 amide bonds. The molecule has 0 N–H and O–H groups in total. The molecule has 0 nitrogen and oxygen atoms in total. The van der Waals surface area contributed by atoms with E-state index in [2.05, 4.69) is 45.5 Å². The summed E-state index contributed by atoms with van der Waals surface area (Å²) in [6.07, 6.45) is 6.65. The molecule has 0 radical (unpaired) electrons. The van der Waals surface area contributed by atoms with Gasteiger partial charge in [-0.25, -0.2) is 0 Å². The first-order valence-electron chi connectivity index (χ1n) is 6.80. The minimum absolute atomic E-state index is 0.258. The third-order valence-electron chi connectivity index (χ3n) is 4.43. The van der Waals surface area contributed by atoms with Gasteiger partial charge in [-0.3, -0.25) is 0 Å². The molecule has 1 saturated carbocycles. The molecule has 1 fully saturated rings. The van der Waals surface area contributed by atoms with Crippen LogP contribution in [-0.2, 0) is 5.41 Å². The lowest BCUT2D eigenvalue weighted by atomic mass is 9.64. The summed E-state index contributed by atoms with van der Waals surface area (Å²) >= 11 is 0. The first kappa shape index (κ1) is 12.4. The lowest BCUT2D eigenvalue weighted by Gasteiger charge is -2.40. The molecule has 0 atom stereocenters. The van der Waals surface area contributed by atoms with E-state index in [0.29, 0.717) is 0 Å². The van der Waals surface area contributed by atoms with Crippen LogP contribution in [0.25, 0.3) is 0 Å². The van der Waals surface area contributed by atoms with Gasteiger partial charge < -0.3 is 0 Å². The molecule has 92 valence electrons. The van der Waals surface area contributed by atoms with Crippen LogP contribution in [0.3, 0.4) is 0 Å². The van der Waals surface area contributed by atoms with Gasteiger partial charge in [-0.15, -0.1) is 0 Å². The molecule has 1 aliphatic rings. The summed E-state index contributed by atoms with van der Waals surface area (Å²) in [5.41, 5.74) is 5.95. The van der Waals surface area contributed by atoms with Crippen molar-refractivity contribution < 1.29 is 0 Å². The number of aryl methyl sites for hydroxylation is 2. The molecule has 2 rings (SSSR count). The van der Waals surface area contributed by atoms with Crippen molar-refractivity contribution in [2.75, 3.05) is 0 Å². The van der Waals surface area contributed by atoms with E-state index in [0.717, 1.165) is 0 Å². The molecule has 0 aromatic heterocycles. The Kier molecular flexibility index (Phi) is 3.42. The highest BCUT2D eigenvalue weighted by Gasteiger charge is 2.35. The maximum atomic E-state index is 4.30. The molecule has 1 aromatic carbocycles. The van der Waals surface area contributed by atoms with Gasteiger partial charge >= 0.3 is 0 Å². The minimum Gasteiger partial charge on any atom is -0.0992 e. The highest BCUT2D eigenvalue weighted by Crippen LogP contribution is 2.45. The molecule has 17 heavy (non-hydrogen) atoms. The van der Waals surface area contributed by atoms with Crippen molar-refractivity contribution in [2.24, 2.45) is 0 Å². The van der Waals surface area contributed by atoms with Crippen LogP contribution in [0.4, 0.5) is 0 Å². The van der Waals surface area contributed by atoms with Crippen molar-refractivity contribution in [1.82, 2.24) is 0 Å². The Morgan fingerprint density at radius 1 is 1.12 bits per heavy atom. The van der Waals surface area contributed by atoms with Crippen LogP contribution in [0.15, 0.2) is 30.4 Å². The summed E-state index contributed by atoms with van der Waals surface area (Å²) in [6, 6.07) is 6.87. The van der Waals surface area contributed by atoms with E-state index in [1.165, 1.54) is 54.4 Å². The topological polar surface area (TPSA) is 0 Å². The Hall–Kier alpha value is -1.04. The second-order valence-electron chi connectivity index (χ2n) is 5.74. The maximum Gasteiger partial charge on any atom is 0.0159 e. The molecule has 0 spiro atoms. The standard InChI is InChI=1S/C17H24/c1-13(2)17(10-6-5-7-11-17)16-12-14(3)8-9-15(16)4/h8-9,12H,1,5-7,10-11H2,2-4H3. The highest BCUT2D eigenvalue weighted by atomic mass is 14.4. The zero-order valence-electron chi connectivity index (χ0n) is 11.5. The van der Waals surface area contributed by atoms with Crippen LogP contribution in [0, 0.1) is 13.8 Å². The molecule has 1 aliphatic carbocycles. The van der Waals surface area contributed by atoms with E-state index < -0.39 is 0 Å². The quantitative estimate of drug-likeness (QED) is 0.619. The fourth-order valence-electron chi connectivity index (χ4n) is 3.33. The van der Waals surface area contributed by atoms with Gasteiger partial charge in [0, 0.05) is 5.41 Å². The van der Waals surface area contributed by atoms with Crippen LogP contribution in [0.5, 0.6) is 0 Å². The molecule has 0 heteroatoms. The SMILES string of the molecule is C=C(C)C1(c2cc(C)ccc2C)CCCCC1.